The number of rotatable bonds is 6. The number of hydrogen-bond donors (Lipinski definition) is 0. The molecule has 0 saturated carbocycles. The van der Waals surface area contributed by atoms with E-state index in [1.807, 2.05) is 72.8 Å². The lowest BCUT2D eigenvalue weighted by molar-refractivity contribution is 0.344. The maximum Gasteiger partial charge on any atom is 0.157 e. The predicted molar refractivity (Wildman–Crippen MR) is 93.6 cm³/mol. The van der Waals surface area contributed by atoms with Crippen molar-refractivity contribution in [2.24, 2.45) is 10.3 Å². The quantitative estimate of drug-likeness (QED) is 0.493. The van der Waals surface area contributed by atoms with Crippen molar-refractivity contribution < 1.29 is 9.68 Å². The van der Waals surface area contributed by atoms with E-state index in [0.29, 0.717) is 11.5 Å². The molecule has 0 saturated heterocycles. The van der Waals surface area contributed by atoms with Gasteiger partial charge in [-0.1, -0.05) is 46.7 Å². The van der Waals surface area contributed by atoms with Crippen molar-refractivity contribution in [2.75, 3.05) is 0 Å². The van der Waals surface area contributed by atoms with Crippen LogP contribution < -0.4 is 9.68 Å². The minimum absolute atomic E-state index is 0.707. The smallest absolute Gasteiger partial charge is 0.157 e. The molecule has 0 fully saturated rings. The number of nitrogens with zero attached hydrogens (tertiary/aromatic N) is 2. The molecule has 0 aliphatic heterocycles. The Labute approximate surface area is 138 Å². The zero-order chi connectivity index (χ0) is 15.7. The van der Waals surface area contributed by atoms with E-state index in [4.69, 9.17) is 9.68 Å². The molecule has 0 amide bonds. The Bertz CT molecular complexity index is 717. The third kappa shape index (κ3) is 4.79. The molecule has 4 nitrogen and oxygen atoms in total. The van der Waals surface area contributed by atoms with Crippen LogP contribution in [-0.4, -0.2) is 12.4 Å². The molecule has 3 aromatic rings. The van der Waals surface area contributed by atoms with Crippen molar-refractivity contribution in [2.45, 2.75) is 0 Å². The molecule has 0 unspecified atom stereocenters. The van der Waals surface area contributed by atoms with Crippen LogP contribution in [0.5, 0.6) is 11.5 Å². The Balaban J connectivity index is 1.53. The van der Waals surface area contributed by atoms with Crippen LogP contribution in [0.1, 0.15) is 9.75 Å². The highest BCUT2D eigenvalue weighted by Crippen LogP contribution is 2.14. The van der Waals surface area contributed by atoms with E-state index in [1.165, 1.54) is 0 Å². The van der Waals surface area contributed by atoms with Gasteiger partial charge in [-0.3, -0.25) is 0 Å². The monoisotopic (exact) mass is 322 g/mol. The van der Waals surface area contributed by atoms with Crippen LogP contribution in [0.15, 0.2) is 83.1 Å². The van der Waals surface area contributed by atoms with E-state index in [9.17, 15) is 0 Å². The fraction of sp³-hybridized carbons (Fsp3) is 0. The van der Waals surface area contributed by atoms with Crippen LogP contribution in [0.3, 0.4) is 0 Å². The first-order valence-corrected chi connectivity index (χ1v) is 7.82. The second kappa shape index (κ2) is 7.91. The number of oxime groups is 2. The van der Waals surface area contributed by atoms with Crippen molar-refractivity contribution in [3.63, 3.8) is 0 Å². The summed E-state index contributed by atoms with van der Waals surface area (Å²) in [5, 5.41) is 7.93. The van der Waals surface area contributed by atoms with Gasteiger partial charge in [0.2, 0.25) is 0 Å². The first-order chi connectivity index (χ1) is 11.4. The lowest BCUT2D eigenvalue weighted by atomic mass is 10.3. The van der Waals surface area contributed by atoms with Gasteiger partial charge in [-0.05, 0) is 36.4 Å². The third-order valence-corrected chi connectivity index (χ3v) is 3.76. The zero-order valence-electron chi connectivity index (χ0n) is 12.2. The Morgan fingerprint density at radius 3 is 1.48 bits per heavy atom. The standard InChI is InChI=1S/C18H14N2O2S/c1-3-7-15(8-4-1)21-19-13-17-11-12-18(23-17)14-20-22-16-9-5-2-6-10-16/h1-14H/b19-13-,20-14?. The number of benzene rings is 2. The fourth-order valence-corrected chi connectivity index (χ4v) is 2.48. The molecule has 1 aromatic heterocycles. The van der Waals surface area contributed by atoms with Crippen LogP contribution in [0.25, 0.3) is 0 Å². The van der Waals surface area contributed by atoms with Gasteiger partial charge in [0.25, 0.3) is 0 Å². The summed E-state index contributed by atoms with van der Waals surface area (Å²) >= 11 is 1.54. The largest absolute Gasteiger partial charge is 0.357 e. The lowest BCUT2D eigenvalue weighted by Gasteiger charge is -1.95. The van der Waals surface area contributed by atoms with Gasteiger partial charge in [-0.15, -0.1) is 11.3 Å². The van der Waals surface area contributed by atoms with E-state index in [-0.39, 0.29) is 0 Å². The maximum absolute atomic E-state index is 5.28. The maximum atomic E-state index is 5.28. The van der Waals surface area contributed by atoms with E-state index in [2.05, 4.69) is 10.3 Å². The molecule has 0 aliphatic carbocycles. The van der Waals surface area contributed by atoms with Gasteiger partial charge >= 0.3 is 0 Å². The first-order valence-electron chi connectivity index (χ1n) is 7.01. The number of hydrogen-bond acceptors (Lipinski definition) is 5. The van der Waals surface area contributed by atoms with E-state index in [0.717, 1.165) is 9.75 Å². The number of thiophene rings is 1. The highest BCUT2D eigenvalue weighted by molar-refractivity contribution is 7.15. The molecule has 23 heavy (non-hydrogen) atoms. The van der Waals surface area contributed by atoms with Gasteiger partial charge in [-0.25, -0.2) is 0 Å². The topological polar surface area (TPSA) is 43.2 Å². The Kier molecular flexibility index (Phi) is 5.16. The van der Waals surface area contributed by atoms with Crippen LogP contribution in [0, 0.1) is 0 Å². The highest BCUT2D eigenvalue weighted by Gasteiger charge is 1.96. The summed E-state index contributed by atoms with van der Waals surface area (Å²) in [6, 6.07) is 22.8. The summed E-state index contributed by atoms with van der Waals surface area (Å²) in [5.41, 5.74) is 0. The normalized spacial score (nSPS) is 11.1. The molecule has 2 aromatic carbocycles. The SMILES string of the molecule is C(=NOc1ccccc1)c1ccc(/C=N\Oc2ccccc2)s1. The molecule has 0 aliphatic rings. The molecule has 0 N–H and O–H groups in total. The van der Waals surface area contributed by atoms with Crippen molar-refractivity contribution in [3.05, 3.63) is 82.6 Å². The van der Waals surface area contributed by atoms with Gasteiger partial charge in [0.15, 0.2) is 11.5 Å². The second-order valence-corrected chi connectivity index (χ2v) is 5.66. The Morgan fingerprint density at radius 2 is 1.04 bits per heavy atom. The molecular weight excluding hydrogens is 308 g/mol. The summed E-state index contributed by atoms with van der Waals surface area (Å²) in [4.78, 5) is 12.5. The van der Waals surface area contributed by atoms with E-state index < -0.39 is 0 Å². The minimum Gasteiger partial charge on any atom is -0.357 e. The van der Waals surface area contributed by atoms with Gasteiger partial charge in [0, 0.05) is 9.75 Å². The van der Waals surface area contributed by atoms with Gasteiger partial charge in [0.1, 0.15) is 0 Å². The van der Waals surface area contributed by atoms with Crippen LogP contribution in [-0.2, 0) is 0 Å². The van der Waals surface area contributed by atoms with Crippen molar-refractivity contribution in [1.82, 2.24) is 0 Å². The zero-order valence-corrected chi connectivity index (χ0v) is 13.0. The molecule has 0 atom stereocenters. The van der Waals surface area contributed by atoms with Crippen molar-refractivity contribution in [1.29, 1.82) is 0 Å². The van der Waals surface area contributed by atoms with Gasteiger partial charge < -0.3 is 9.68 Å². The molecule has 3 rings (SSSR count). The number of para-hydroxylation sites is 2. The summed E-state index contributed by atoms with van der Waals surface area (Å²) in [6.45, 7) is 0. The second-order valence-electron chi connectivity index (χ2n) is 4.52. The first kappa shape index (κ1) is 15.0. The molecule has 114 valence electrons. The summed E-state index contributed by atoms with van der Waals surface area (Å²) in [5.74, 6) is 1.41. The van der Waals surface area contributed by atoms with Crippen LogP contribution in [0.2, 0.25) is 0 Å². The molecule has 0 spiro atoms. The lowest BCUT2D eigenvalue weighted by Crippen LogP contribution is -1.84. The summed E-state index contributed by atoms with van der Waals surface area (Å²) in [7, 11) is 0. The third-order valence-electron chi connectivity index (χ3n) is 2.81. The molecular formula is C18H14N2O2S. The Morgan fingerprint density at radius 1 is 0.609 bits per heavy atom. The van der Waals surface area contributed by atoms with E-state index >= 15 is 0 Å². The highest BCUT2D eigenvalue weighted by atomic mass is 32.1. The average molecular weight is 322 g/mol. The summed E-state index contributed by atoms with van der Waals surface area (Å²) in [6.07, 6.45) is 3.35. The molecule has 1 heterocycles. The molecule has 0 bridgehead atoms. The van der Waals surface area contributed by atoms with Crippen LogP contribution in [0.4, 0.5) is 0 Å². The molecule has 0 radical (unpaired) electrons. The predicted octanol–water partition coefficient (Wildman–Crippen LogP) is 4.57. The van der Waals surface area contributed by atoms with Crippen molar-refractivity contribution in [3.8, 4) is 11.5 Å². The van der Waals surface area contributed by atoms with Crippen LogP contribution >= 0.6 is 11.3 Å². The van der Waals surface area contributed by atoms with Gasteiger partial charge in [-0.2, -0.15) is 0 Å². The Hall–Kier alpha value is -2.92. The fourth-order valence-electron chi connectivity index (χ4n) is 1.75. The van der Waals surface area contributed by atoms with E-state index in [1.54, 1.807) is 23.8 Å². The average Bonchev–Trinajstić information content (AvgIpc) is 3.05. The minimum atomic E-state index is 0.707. The van der Waals surface area contributed by atoms with Crippen molar-refractivity contribution >= 4 is 23.8 Å². The van der Waals surface area contributed by atoms with Gasteiger partial charge in [0.05, 0.1) is 12.4 Å². The molecule has 5 heteroatoms. The summed E-state index contributed by atoms with van der Waals surface area (Å²) < 4.78 is 0.